The van der Waals surface area contributed by atoms with Gasteiger partial charge in [0.1, 0.15) is 24.7 Å². The van der Waals surface area contributed by atoms with Crippen LogP contribution in [0, 0.1) is 0 Å². The Balaban J connectivity index is 1.10. The minimum absolute atomic E-state index is 0.0883. The molecular formula is C53H56F6N2O6. The van der Waals surface area contributed by atoms with Crippen LogP contribution in [0.25, 0.3) is 12.2 Å². The van der Waals surface area contributed by atoms with E-state index in [1.54, 1.807) is 36.4 Å². The van der Waals surface area contributed by atoms with Gasteiger partial charge < -0.3 is 30.4 Å². The summed E-state index contributed by atoms with van der Waals surface area (Å²) in [5, 5.41) is 0. The Bertz CT molecular complexity index is 2220. The zero-order chi connectivity index (χ0) is 48.1. The number of nitrogens with two attached hydrogens (primary N) is 2. The van der Waals surface area contributed by atoms with Gasteiger partial charge in [-0.15, -0.1) is 0 Å². The van der Waals surface area contributed by atoms with E-state index in [0.29, 0.717) is 48.1 Å². The first kappa shape index (κ1) is 51.3. The molecule has 0 radical (unpaired) electrons. The molecule has 0 aromatic heterocycles. The molecule has 5 rings (SSSR count). The van der Waals surface area contributed by atoms with Gasteiger partial charge in [-0.25, -0.2) is 9.59 Å². The molecule has 0 spiro atoms. The van der Waals surface area contributed by atoms with E-state index >= 15 is 0 Å². The summed E-state index contributed by atoms with van der Waals surface area (Å²) in [5.74, 6) is -2.35. The first-order valence-electron chi connectivity index (χ1n) is 22.2. The second-order valence-electron chi connectivity index (χ2n) is 16.0. The zero-order valence-corrected chi connectivity index (χ0v) is 37.1. The summed E-state index contributed by atoms with van der Waals surface area (Å²) in [4.78, 5) is 25.6. The van der Waals surface area contributed by atoms with Crippen LogP contribution in [0.2, 0.25) is 0 Å². The number of carbonyl (C=O) groups is 2. The predicted molar refractivity (Wildman–Crippen MR) is 249 cm³/mol. The third-order valence-corrected chi connectivity index (χ3v) is 10.8. The number of nitrogen functional groups attached to an aromatic ring is 2. The lowest BCUT2D eigenvalue weighted by Gasteiger charge is -2.19. The number of esters is 2. The average molecular weight is 931 g/mol. The molecule has 0 aliphatic carbocycles. The lowest BCUT2D eigenvalue weighted by atomic mass is 9.98. The predicted octanol–water partition coefficient (Wildman–Crippen LogP) is 12.8. The van der Waals surface area contributed by atoms with Gasteiger partial charge in [0.25, 0.3) is 0 Å². The number of rotatable bonds is 27. The summed E-state index contributed by atoms with van der Waals surface area (Å²) in [5.41, 5.74) is 15.5. The van der Waals surface area contributed by atoms with Gasteiger partial charge in [0.05, 0.1) is 30.4 Å². The molecule has 0 heterocycles. The minimum atomic E-state index is -3.60. The van der Waals surface area contributed by atoms with Crippen LogP contribution in [0.4, 0.5) is 37.7 Å². The number of benzene rings is 5. The Morgan fingerprint density at radius 1 is 0.522 bits per heavy atom. The van der Waals surface area contributed by atoms with Crippen molar-refractivity contribution < 1.29 is 54.9 Å². The van der Waals surface area contributed by atoms with Crippen molar-refractivity contribution in [3.8, 4) is 11.5 Å². The summed E-state index contributed by atoms with van der Waals surface area (Å²) >= 11 is 0. The van der Waals surface area contributed by atoms with Gasteiger partial charge in [0.2, 0.25) is 0 Å². The standard InChI is InChI=1S/C53H56F6N2O6/c54-33-7-3-1-5-9-38-11-21-43(22-12-38)52(56,57)66-46-26-15-40(16-27-46)19-31-50(62)64-36-42(48-30-25-45(60)35-49(48)61)37-65-51(63)32-20-41-17-28-47(29-18-41)67-53(58,59)44-23-13-39(14-24-44)10-6-2-4-8-34-55/h11-32,35,42H,1-10,33-34,36-37,60-61H2/b31-19+,32-20+. The Kier molecular flexibility index (Phi) is 19.8. The van der Waals surface area contributed by atoms with Crippen LogP contribution in [-0.4, -0.2) is 38.5 Å². The zero-order valence-electron chi connectivity index (χ0n) is 37.1. The van der Waals surface area contributed by atoms with E-state index in [9.17, 15) is 35.9 Å². The molecule has 0 aliphatic rings. The van der Waals surface area contributed by atoms with Crippen LogP contribution < -0.4 is 20.9 Å². The molecule has 4 N–H and O–H groups in total. The highest BCUT2D eigenvalue weighted by atomic mass is 19.3. The second kappa shape index (κ2) is 25.9. The van der Waals surface area contributed by atoms with Crippen molar-refractivity contribution in [1.29, 1.82) is 0 Å². The van der Waals surface area contributed by atoms with Gasteiger partial charge in [-0.2, -0.15) is 17.6 Å². The molecule has 0 aliphatic heterocycles. The number of halogens is 6. The largest absolute Gasteiger partial charge is 0.462 e. The van der Waals surface area contributed by atoms with Crippen LogP contribution in [0.1, 0.15) is 96.2 Å². The Hall–Kier alpha value is -6.70. The van der Waals surface area contributed by atoms with Gasteiger partial charge in [-0.05, 0) is 139 Å². The molecule has 0 atom stereocenters. The minimum Gasteiger partial charge on any atom is -0.462 e. The van der Waals surface area contributed by atoms with Crippen LogP contribution in [0.5, 0.6) is 11.5 Å². The fourth-order valence-corrected chi connectivity index (χ4v) is 6.98. The van der Waals surface area contributed by atoms with Gasteiger partial charge in [-0.1, -0.05) is 80.3 Å². The molecule has 5 aromatic carbocycles. The molecule has 0 unspecified atom stereocenters. The van der Waals surface area contributed by atoms with Crippen molar-refractivity contribution in [2.24, 2.45) is 0 Å². The third-order valence-electron chi connectivity index (χ3n) is 10.8. The maximum absolute atomic E-state index is 15.0. The number of hydrogen-bond acceptors (Lipinski definition) is 8. The lowest BCUT2D eigenvalue weighted by molar-refractivity contribution is -0.186. The van der Waals surface area contributed by atoms with Gasteiger partial charge in [0, 0.05) is 23.5 Å². The average Bonchev–Trinajstić information content (AvgIpc) is 3.31. The molecule has 0 amide bonds. The van der Waals surface area contributed by atoms with E-state index in [0.717, 1.165) is 61.8 Å². The second-order valence-corrected chi connectivity index (χ2v) is 16.0. The molecule has 356 valence electrons. The monoisotopic (exact) mass is 930 g/mol. The highest BCUT2D eigenvalue weighted by Gasteiger charge is 2.35. The van der Waals surface area contributed by atoms with Crippen molar-refractivity contribution in [1.82, 2.24) is 0 Å². The van der Waals surface area contributed by atoms with Crippen LogP contribution in [0.3, 0.4) is 0 Å². The number of hydrogen-bond donors (Lipinski definition) is 2. The molecule has 67 heavy (non-hydrogen) atoms. The lowest BCUT2D eigenvalue weighted by Crippen LogP contribution is -2.21. The SMILES string of the molecule is Nc1ccc(C(COC(=O)/C=C/c2ccc(OC(F)(F)c3ccc(CCCCCCF)cc3)cc2)COC(=O)/C=C/c2ccc(OC(F)(F)c3ccc(CCCCCCF)cc3)cc2)c(N)c1. The first-order valence-corrected chi connectivity index (χ1v) is 22.2. The number of unbranched alkanes of at least 4 members (excludes halogenated alkanes) is 6. The summed E-state index contributed by atoms with van der Waals surface area (Å²) in [6, 6.07) is 28.0. The fraction of sp³-hybridized carbons (Fsp3) is 0.321. The van der Waals surface area contributed by atoms with E-state index in [2.05, 4.69) is 0 Å². The van der Waals surface area contributed by atoms with Crippen molar-refractivity contribution >= 4 is 35.5 Å². The summed E-state index contributed by atoms with van der Waals surface area (Å²) in [6.07, 6.45) is 5.50. The smallest absolute Gasteiger partial charge is 0.426 e. The maximum atomic E-state index is 15.0. The normalized spacial score (nSPS) is 11.9. The molecule has 0 saturated heterocycles. The van der Waals surface area contributed by atoms with Crippen LogP contribution in [0.15, 0.2) is 127 Å². The van der Waals surface area contributed by atoms with Crippen molar-refractivity contribution in [3.05, 3.63) is 166 Å². The van der Waals surface area contributed by atoms with E-state index in [1.807, 2.05) is 0 Å². The Morgan fingerprint density at radius 2 is 0.925 bits per heavy atom. The summed E-state index contributed by atoms with van der Waals surface area (Å²) in [7, 11) is 0. The molecule has 0 fully saturated rings. The van der Waals surface area contributed by atoms with Gasteiger partial charge in [-0.3, -0.25) is 8.78 Å². The van der Waals surface area contributed by atoms with Gasteiger partial charge in [0.15, 0.2) is 0 Å². The van der Waals surface area contributed by atoms with Crippen LogP contribution in [-0.2, 0) is 44.1 Å². The topological polar surface area (TPSA) is 123 Å². The quantitative estimate of drug-likeness (QED) is 0.0175. The molecule has 5 aromatic rings. The number of ether oxygens (including phenoxy) is 4. The molecule has 0 bridgehead atoms. The summed E-state index contributed by atoms with van der Waals surface area (Å²) < 4.78 is 105. The van der Waals surface area contributed by atoms with Crippen molar-refractivity contribution in [2.75, 3.05) is 38.0 Å². The number of alkyl halides is 6. The van der Waals surface area contributed by atoms with E-state index in [-0.39, 0.29) is 54.9 Å². The molecule has 0 saturated carbocycles. The molecule has 8 nitrogen and oxygen atoms in total. The highest BCUT2D eigenvalue weighted by molar-refractivity contribution is 5.87. The Labute approximate surface area is 387 Å². The number of carbonyl (C=O) groups excluding carboxylic acids is 2. The van der Waals surface area contributed by atoms with Gasteiger partial charge >= 0.3 is 24.2 Å². The Morgan fingerprint density at radius 3 is 1.31 bits per heavy atom. The van der Waals surface area contributed by atoms with E-state index in [1.165, 1.54) is 91.0 Å². The van der Waals surface area contributed by atoms with Crippen molar-refractivity contribution in [3.63, 3.8) is 0 Å². The summed E-state index contributed by atoms with van der Waals surface area (Å²) in [6.45, 7) is -1.16. The molecular weight excluding hydrogens is 875 g/mol. The first-order chi connectivity index (χ1) is 32.2. The number of aryl methyl sites for hydroxylation is 2. The van der Waals surface area contributed by atoms with E-state index in [4.69, 9.17) is 30.4 Å². The third kappa shape index (κ3) is 17.2. The van der Waals surface area contributed by atoms with E-state index < -0.39 is 30.1 Å². The van der Waals surface area contributed by atoms with Crippen molar-refractivity contribution in [2.45, 2.75) is 82.3 Å². The maximum Gasteiger partial charge on any atom is 0.426 e. The highest BCUT2D eigenvalue weighted by Crippen LogP contribution is 2.34. The molecule has 14 heteroatoms. The number of anilines is 2. The van der Waals surface area contributed by atoms with Crippen LogP contribution >= 0.6 is 0 Å². The fourth-order valence-electron chi connectivity index (χ4n) is 6.98.